The van der Waals surface area contributed by atoms with Crippen molar-refractivity contribution in [3.8, 4) is 11.5 Å². The number of carbonyl (C=O) groups is 1. The lowest BCUT2D eigenvalue weighted by Crippen LogP contribution is -2.28. The quantitative estimate of drug-likeness (QED) is 0.429. The molecule has 0 unspecified atom stereocenters. The van der Waals surface area contributed by atoms with Crippen molar-refractivity contribution >= 4 is 56.4 Å². The number of amidine groups is 1. The van der Waals surface area contributed by atoms with Crippen LogP contribution in [-0.2, 0) is 11.4 Å². The van der Waals surface area contributed by atoms with Gasteiger partial charge in [-0.1, -0.05) is 39.7 Å². The van der Waals surface area contributed by atoms with E-state index < -0.39 is 0 Å². The normalized spacial score (nSPS) is 16.6. The molecule has 0 aromatic heterocycles. The highest BCUT2D eigenvalue weighted by Gasteiger charge is 2.32. The summed E-state index contributed by atoms with van der Waals surface area (Å²) in [5.74, 6) is 1.16. The van der Waals surface area contributed by atoms with Crippen LogP contribution in [0, 0.1) is 0 Å². The van der Waals surface area contributed by atoms with Crippen LogP contribution in [0.4, 0.5) is 0 Å². The average Bonchev–Trinajstić information content (AvgIpc) is 3.03. The number of rotatable bonds is 7. The molecule has 0 spiro atoms. The Balaban J connectivity index is 1.85. The molecule has 0 saturated carbocycles. The van der Waals surface area contributed by atoms with Gasteiger partial charge in [-0.2, -0.15) is 0 Å². The molecule has 5 nitrogen and oxygen atoms in total. The second kappa shape index (κ2) is 10.4. The maximum absolute atomic E-state index is 12.7. The number of aliphatic imine (C=N–C) groups is 1. The summed E-state index contributed by atoms with van der Waals surface area (Å²) in [5, 5.41) is 1.42. The number of halogens is 2. The number of ether oxygens (including phenoxy) is 2. The number of carbonyl (C=O) groups excluding carboxylic acids is 1. The summed E-state index contributed by atoms with van der Waals surface area (Å²) in [7, 11) is 1.59. The summed E-state index contributed by atoms with van der Waals surface area (Å²) >= 11 is 10.9. The molecule has 8 heteroatoms. The molecule has 0 atom stereocenters. The molecule has 2 aromatic rings. The van der Waals surface area contributed by atoms with Gasteiger partial charge in [-0.25, -0.2) is 0 Å². The Hall–Kier alpha value is -1.96. The van der Waals surface area contributed by atoms with Crippen molar-refractivity contribution in [3.63, 3.8) is 0 Å². The third-order valence-electron chi connectivity index (χ3n) is 4.37. The van der Waals surface area contributed by atoms with Gasteiger partial charge < -0.3 is 9.47 Å². The monoisotopic (exact) mass is 508 g/mol. The minimum atomic E-state index is -0.0383. The standard InChI is InChI=1S/C22H22BrClN2O3S/c1-4-25-22-26(5-2)21(27)20(30-22)11-15-10-18(28-3)19(12-17(15)23)29-13-14-6-8-16(24)9-7-14/h6-12H,4-5,13H2,1-3H3/b20-11-,25-22?. The maximum atomic E-state index is 12.7. The molecule has 3 rings (SSSR count). The van der Waals surface area contributed by atoms with Crippen LogP contribution in [0.15, 0.2) is 50.8 Å². The zero-order chi connectivity index (χ0) is 21.7. The highest BCUT2D eigenvalue weighted by atomic mass is 79.9. The fourth-order valence-electron chi connectivity index (χ4n) is 2.86. The minimum Gasteiger partial charge on any atom is -0.493 e. The molecule has 1 aliphatic rings. The SMILES string of the molecule is CCN=C1S/C(=C\c2cc(OC)c(OCc3ccc(Cl)cc3)cc2Br)C(=O)N1CC. The van der Waals surface area contributed by atoms with Gasteiger partial charge in [0.15, 0.2) is 16.7 Å². The first-order valence-electron chi connectivity index (χ1n) is 9.47. The highest BCUT2D eigenvalue weighted by Crippen LogP contribution is 2.38. The Morgan fingerprint density at radius 3 is 2.57 bits per heavy atom. The Kier molecular flexibility index (Phi) is 7.86. The number of nitrogens with zero attached hydrogens (tertiary/aromatic N) is 2. The first kappa shape index (κ1) is 22.7. The third-order valence-corrected chi connectivity index (χ3v) is 6.36. The second-order valence-electron chi connectivity index (χ2n) is 6.36. The fraction of sp³-hybridized carbons (Fsp3) is 0.273. The van der Waals surface area contributed by atoms with Crippen molar-refractivity contribution < 1.29 is 14.3 Å². The summed E-state index contributed by atoms with van der Waals surface area (Å²) in [5.41, 5.74) is 1.83. The number of likely N-dealkylation sites (N-methyl/N-ethyl adjacent to an activating group) is 1. The minimum absolute atomic E-state index is 0.0383. The molecular formula is C22H22BrClN2O3S. The lowest BCUT2D eigenvalue weighted by atomic mass is 10.1. The molecule has 0 radical (unpaired) electrons. The molecule has 1 saturated heterocycles. The van der Waals surface area contributed by atoms with E-state index in [0.717, 1.165) is 20.8 Å². The van der Waals surface area contributed by atoms with E-state index in [1.54, 1.807) is 12.0 Å². The molecule has 1 amide bonds. The summed E-state index contributed by atoms with van der Waals surface area (Å²) in [6.07, 6.45) is 1.85. The van der Waals surface area contributed by atoms with Crippen LogP contribution in [0.5, 0.6) is 11.5 Å². The van der Waals surface area contributed by atoms with Crippen LogP contribution in [0.1, 0.15) is 25.0 Å². The maximum Gasteiger partial charge on any atom is 0.266 e. The van der Waals surface area contributed by atoms with Crippen molar-refractivity contribution in [1.82, 2.24) is 4.90 Å². The van der Waals surface area contributed by atoms with E-state index in [4.69, 9.17) is 21.1 Å². The number of methoxy groups -OCH3 is 1. The smallest absolute Gasteiger partial charge is 0.266 e. The van der Waals surface area contributed by atoms with Gasteiger partial charge >= 0.3 is 0 Å². The fourth-order valence-corrected chi connectivity index (χ4v) is 4.52. The number of thioether (sulfide) groups is 1. The zero-order valence-corrected chi connectivity index (χ0v) is 20.1. The van der Waals surface area contributed by atoms with E-state index in [9.17, 15) is 4.79 Å². The zero-order valence-electron chi connectivity index (χ0n) is 16.9. The molecular weight excluding hydrogens is 488 g/mol. The third kappa shape index (κ3) is 5.20. The molecule has 1 aliphatic heterocycles. The van der Waals surface area contributed by atoms with Crippen molar-refractivity contribution in [2.45, 2.75) is 20.5 Å². The molecule has 0 aliphatic carbocycles. The molecule has 158 valence electrons. The molecule has 0 N–H and O–H groups in total. The van der Waals surface area contributed by atoms with E-state index in [-0.39, 0.29) is 5.91 Å². The second-order valence-corrected chi connectivity index (χ2v) is 8.66. The van der Waals surface area contributed by atoms with Crippen molar-refractivity contribution in [2.75, 3.05) is 20.2 Å². The van der Waals surface area contributed by atoms with E-state index in [2.05, 4.69) is 20.9 Å². The van der Waals surface area contributed by atoms with Crippen molar-refractivity contribution in [2.24, 2.45) is 4.99 Å². The Bertz CT molecular complexity index is 993. The first-order chi connectivity index (χ1) is 14.5. The Morgan fingerprint density at radius 2 is 1.93 bits per heavy atom. The van der Waals surface area contributed by atoms with E-state index in [1.165, 1.54) is 11.8 Å². The predicted molar refractivity (Wildman–Crippen MR) is 127 cm³/mol. The van der Waals surface area contributed by atoms with E-state index in [1.807, 2.05) is 56.3 Å². The molecule has 0 bridgehead atoms. The Labute approximate surface area is 194 Å². The van der Waals surface area contributed by atoms with Crippen molar-refractivity contribution in [3.05, 3.63) is 61.9 Å². The average molecular weight is 510 g/mol. The lowest BCUT2D eigenvalue weighted by molar-refractivity contribution is -0.122. The molecule has 30 heavy (non-hydrogen) atoms. The van der Waals surface area contributed by atoms with E-state index in [0.29, 0.717) is 41.1 Å². The van der Waals surface area contributed by atoms with Gasteiger partial charge in [-0.15, -0.1) is 0 Å². The molecule has 2 aromatic carbocycles. The number of amides is 1. The summed E-state index contributed by atoms with van der Waals surface area (Å²) in [6, 6.07) is 11.2. The number of benzene rings is 2. The van der Waals surface area contributed by atoms with Gasteiger partial charge in [0, 0.05) is 22.6 Å². The summed E-state index contributed by atoms with van der Waals surface area (Å²) in [4.78, 5) is 19.5. The molecule has 1 heterocycles. The van der Waals surface area contributed by atoms with Crippen LogP contribution in [0.2, 0.25) is 5.02 Å². The van der Waals surface area contributed by atoms with Crippen LogP contribution >= 0.6 is 39.3 Å². The lowest BCUT2D eigenvalue weighted by Gasteiger charge is -2.13. The predicted octanol–water partition coefficient (Wildman–Crippen LogP) is 6.00. The van der Waals surface area contributed by atoms with Gasteiger partial charge in [-0.3, -0.25) is 14.7 Å². The van der Waals surface area contributed by atoms with E-state index >= 15 is 0 Å². The van der Waals surface area contributed by atoms with Crippen LogP contribution in [0.3, 0.4) is 0 Å². The molecule has 1 fully saturated rings. The van der Waals surface area contributed by atoms with Gasteiger partial charge in [-0.05, 0) is 67.1 Å². The number of hydrogen-bond acceptors (Lipinski definition) is 5. The highest BCUT2D eigenvalue weighted by molar-refractivity contribution is 9.10. The Morgan fingerprint density at radius 1 is 1.20 bits per heavy atom. The van der Waals surface area contributed by atoms with Gasteiger partial charge in [0.2, 0.25) is 0 Å². The van der Waals surface area contributed by atoms with Crippen molar-refractivity contribution in [1.29, 1.82) is 0 Å². The van der Waals surface area contributed by atoms with Gasteiger partial charge in [0.25, 0.3) is 5.91 Å². The summed E-state index contributed by atoms with van der Waals surface area (Å²) < 4.78 is 12.3. The largest absolute Gasteiger partial charge is 0.493 e. The number of hydrogen-bond donors (Lipinski definition) is 0. The summed E-state index contributed by atoms with van der Waals surface area (Å²) in [6.45, 7) is 5.51. The first-order valence-corrected chi connectivity index (χ1v) is 11.5. The topological polar surface area (TPSA) is 51.1 Å². The van der Waals surface area contributed by atoms with Gasteiger partial charge in [0.1, 0.15) is 6.61 Å². The van der Waals surface area contributed by atoms with Crippen LogP contribution < -0.4 is 9.47 Å². The van der Waals surface area contributed by atoms with Crippen LogP contribution in [0.25, 0.3) is 6.08 Å². The van der Waals surface area contributed by atoms with Crippen LogP contribution in [-0.4, -0.2) is 36.2 Å². The van der Waals surface area contributed by atoms with Gasteiger partial charge in [0.05, 0.1) is 12.0 Å².